The van der Waals surface area contributed by atoms with Crippen molar-refractivity contribution in [3.05, 3.63) is 78.1 Å². The van der Waals surface area contributed by atoms with Gasteiger partial charge in [0.25, 0.3) is 0 Å². The summed E-state index contributed by atoms with van der Waals surface area (Å²) in [6.07, 6.45) is 4.47. The lowest BCUT2D eigenvalue weighted by atomic mass is 10.1. The van der Waals surface area contributed by atoms with Gasteiger partial charge in [-0.2, -0.15) is 0 Å². The quantitative estimate of drug-likeness (QED) is 0.508. The van der Waals surface area contributed by atoms with Crippen molar-refractivity contribution >= 4 is 28.7 Å². The molecule has 132 valence electrons. The summed E-state index contributed by atoms with van der Waals surface area (Å²) in [4.78, 5) is 11.0. The number of fused-ring (bicyclic) bond motifs is 1. The summed E-state index contributed by atoms with van der Waals surface area (Å²) in [6.45, 7) is 0.727. The molecule has 1 aromatic heterocycles. The van der Waals surface area contributed by atoms with Crippen molar-refractivity contribution in [1.29, 1.82) is 0 Å². The van der Waals surface area contributed by atoms with Crippen LogP contribution in [0, 0.1) is 5.82 Å². The van der Waals surface area contributed by atoms with E-state index in [9.17, 15) is 4.39 Å². The number of rotatable bonds is 4. The molecular formula is C20H18ClFN4. The molecule has 0 saturated heterocycles. The van der Waals surface area contributed by atoms with Crippen molar-refractivity contribution in [1.82, 2.24) is 9.55 Å². The number of aryl methyl sites for hydroxylation is 1. The Labute approximate surface area is 156 Å². The monoisotopic (exact) mass is 368 g/mol. The van der Waals surface area contributed by atoms with Gasteiger partial charge in [-0.25, -0.2) is 14.4 Å². The minimum Gasteiger partial charge on any atom is -0.348 e. The van der Waals surface area contributed by atoms with Gasteiger partial charge in [-0.15, -0.1) is 0 Å². The zero-order valence-corrected chi connectivity index (χ0v) is 15.1. The standard InChI is InChI=1S/C20H18ClFN4/c1-25-13-23-12-16(25)10-11-26-18-5-3-2-4-17(18)24-19(20(26)21)14-6-8-15(22)9-7-14/h2-9,12-13,20H,10-11H2,1H3. The van der Waals surface area contributed by atoms with Crippen LogP contribution in [0.25, 0.3) is 0 Å². The van der Waals surface area contributed by atoms with Crippen molar-refractivity contribution in [2.45, 2.75) is 11.9 Å². The fraction of sp³-hybridized carbons (Fsp3) is 0.200. The average Bonchev–Trinajstić information content (AvgIpc) is 3.06. The number of para-hydroxylation sites is 2. The van der Waals surface area contributed by atoms with Crippen LogP contribution in [0.1, 0.15) is 11.3 Å². The molecule has 1 aliphatic rings. The number of imidazole rings is 1. The Kier molecular flexibility index (Phi) is 4.47. The lowest BCUT2D eigenvalue weighted by Crippen LogP contribution is -2.41. The van der Waals surface area contributed by atoms with E-state index in [2.05, 4.69) is 9.88 Å². The highest BCUT2D eigenvalue weighted by atomic mass is 35.5. The normalized spacial score (nSPS) is 16.3. The Morgan fingerprint density at radius 3 is 2.62 bits per heavy atom. The Morgan fingerprint density at radius 1 is 1.12 bits per heavy atom. The van der Waals surface area contributed by atoms with Crippen LogP contribution >= 0.6 is 11.6 Å². The summed E-state index contributed by atoms with van der Waals surface area (Å²) in [5.74, 6) is -0.273. The first kappa shape index (κ1) is 16.8. The van der Waals surface area contributed by atoms with E-state index in [1.807, 2.05) is 42.1 Å². The smallest absolute Gasteiger partial charge is 0.147 e. The number of alkyl halides is 1. The van der Waals surface area contributed by atoms with Gasteiger partial charge in [0, 0.05) is 31.9 Å². The van der Waals surface area contributed by atoms with Crippen LogP contribution in [-0.2, 0) is 13.5 Å². The largest absolute Gasteiger partial charge is 0.348 e. The fourth-order valence-corrected chi connectivity index (χ4v) is 3.55. The second-order valence-electron chi connectivity index (χ2n) is 6.27. The maximum absolute atomic E-state index is 13.3. The number of nitrogens with zero attached hydrogens (tertiary/aromatic N) is 4. The second kappa shape index (κ2) is 6.92. The molecule has 0 amide bonds. The highest BCUT2D eigenvalue weighted by Crippen LogP contribution is 2.37. The van der Waals surface area contributed by atoms with Crippen LogP contribution in [0.4, 0.5) is 15.8 Å². The minimum atomic E-state index is -0.427. The highest BCUT2D eigenvalue weighted by molar-refractivity contribution is 6.37. The molecule has 2 aromatic carbocycles. The van der Waals surface area contributed by atoms with Gasteiger partial charge in [-0.1, -0.05) is 35.9 Å². The molecule has 26 heavy (non-hydrogen) atoms. The van der Waals surface area contributed by atoms with E-state index >= 15 is 0 Å². The molecule has 0 saturated carbocycles. The maximum Gasteiger partial charge on any atom is 0.147 e. The molecule has 1 unspecified atom stereocenters. The summed E-state index contributed by atoms with van der Waals surface area (Å²) in [6, 6.07) is 14.2. The molecule has 1 atom stereocenters. The fourth-order valence-electron chi connectivity index (χ4n) is 3.17. The molecule has 4 rings (SSSR count). The number of aliphatic imine (C=N–C) groups is 1. The van der Waals surface area contributed by atoms with Crippen LogP contribution in [0.2, 0.25) is 0 Å². The van der Waals surface area contributed by atoms with Gasteiger partial charge in [0.1, 0.15) is 11.3 Å². The van der Waals surface area contributed by atoms with Gasteiger partial charge in [-0.3, -0.25) is 0 Å². The summed E-state index contributed by atoms with van der Waals surface area (Å²) in [5.41, 5.74) is 4.14. The van der Waals surface area contributed by atoms with E-state index in [0.717, 1.165) is 41.3 Å². The van der Waals surface area contributed by atoms with E-state index in [-0.39, 0.29) is 5.82 Å². The zero-order valence-electron chi connectivity index (χ0n) is 14.3. The predicted molar refractivity (Wildman–Crippen MR) is 103 cm³/mol. The summed E-state index contributed by atoms with van der Waals surface area (Å²) >= 11 is 6.81. The van der Waals surface area contributed by atoms with E-state index in [0.29, 0.717) is 0 Å². The Hall–Kier alpha value is -2.66. The Bertz CT molecular complexity index is 948. The SMILES string of the molecule is Cn1cncc1CCN1c2ccccc2N=C(c2ccc(F)cc2)C1Cl. The summed E-state index contributed by atoms with van der Waals surface area (Å²) in [7, 11) is 1.98. The van der Waals surface area contributed by atoms with Gasteiger partial charge < -0.3 is 9.47 Å². The number of hydrogen-bond donors (Lipinski definition) is 0. The molecule has 0 aliphatic carbocycles. The van der Waals surface area contributed by atoms with Crippen molar-refractivity contribution < 1.29 is 4.39 Å². The number of anilines is 1. The van der Waals surface area contributed by atoms with Crippen LogP contribution in [0.3, 0.4) is 0 Å². The van der Waals surface area contributed by atoms with Crippen LogP contribution in [0.15, 0.2) is 66.0 Å². The van der Waals surface area contributed by atoms with Gasteiger partial charge in [0.05, 0.1) is 23.4 Å². The van der Waals surface area contributed by atoms with Gasteiger partial charge in [0.15, 0.2) is 0 Å². The van der Waals surface area contributed by atoms with Gasteiger partial charge in [-0.05, 0) is 29.8 Å². The number of aromatic nitrogens is 2. The van der Waals surface area contributed by atoms with E-state index in [1.54, 1.807) is 18.5 Å². The van der Waals surface area contributed by atoms with Gasteiger partial charge >= 0.3 is 0 Å². The third-order valence-corrected chi connectivity index (χ3v) is 5.04. The third-order valence-electron chi connectivity index (χ3n) is 4.60. The predicted octanol–water partition coefficient (Wildman–Crippen LogP) is 4.31. The number of hydrogen-bond acceptors (Lipinski definition) is 3. The highest BCUT2D eigenvalue weighted by Gasteiger charge is 2.29. The Morgan fingerprint density at radius 2 is 1.88 bits per heavy atom. The topological polar surface area (TPSA) is 33.4 Å². The molecule has 0 N–H and O–H groups in total. The molecule has 3 aromatic rings. The lowest BCUT2D eigenvalue weighted by Gasteiger charge is -2.35. The number of benzene rings is 2. The lowest BCUT2D eigenvalue weighted by molar-refractivity contribution is 0.627. The van der Waals surface area contributed by atoms with Gasteiger partial charge in [0.2, 0.25) is 0 Å². The molecule has 0 radical (unpaired) electrons. The van der Waals surface area contributed by atoms with E-state index < -0.39 is 5.50 Å². The first-order valence-electron chi connectivity index (χ1n) is 8.43. The molecule has 6 heteroatoms. The van der Waals surface area contributed by atoms with Crippen molar-refractivity contribution in [3.8, 4) is 0 Å². The van der Waals surface area contributed by atoms with Crippen LogP contribution in [0.5, 0.6) is 0 Å². The second-order valence-corrected chi connectivity index (χ2v) is 6.68. The minimum absolute atomic E-state index is 0.273. The molecular weight excluding hydrogens is 351 g/mol. The first-order valence-corrected chi connectivity index (χ1v) is 8.86. The molecule has 0 fully saturated rings. The Balaban J connectivity index is 1.68. The number of halogens is 2. The molecule has 2 heterocycles. The molecule has 0 bridgehead atoms. The maximum atomic E-state index is 13.3. The summed E-state index contributed by atoms with van der Waals surface area (Å²) < 4.78 is 15.3. The third kappa shape index (κ3) is 3.10. The molecule has 4 nitrogen and oxygen atoms in total. The zero-order chi connectivity index (χ0) is 18.1. The summed E-state index contributed by atoms with van der Waals surface area (Å²) in [5, 5.41) is 0. The van der Waals surface area contributed by atoms with Crippen molar-refractivity contribution in [2.75, 3.05) is 11.4 Å². The first-order chi connectivity index (χ1) is 12.6. The van der Waals surface area contributed by atoms with Crippen molar-refractivity contribution in [2.24, 2.45) is 12.0 Å². The van der Waals surface area contributed by atoms with E-state index in [4.69, 9.17) is 16.6 Å². The average molecular weight is 369 g/mol. The molecule has 1 aliphatic heterocycles. The van der Waals surface area contributed by atoms with E-state index in [1.165, 1.54) is 12.1 Å². The van der Waals surface area contributed by atoms with Crippen LogP contribution < -0.4 is 4.90 Å². The van der Waals surface area contributed by atoms with Crippen molar-refractivity contribution in [3.63, 3.8) is 0 Å². The molecule has 0 spiro atoms. The van der Waals surface area contributed by atoms with Crippen LogP contribution in [-0.4, -0.2) is 27.3 Å².